The maximum absolute atomic E-state index is 10.5. The summed E-state index contributed by atoms with van der Waals surface area (Å²) in [5, 5.41) is 21.9. The van der Waals surface area contributed by atoms with Gasteiger partial charge in [-0.2, -0.15) is 5.26 Å². The van der Waals surface area contributed by atoms with Crippen LogP contribution in [0.5, 0.6) is 0 Å². The minimum atomic E-state index is -0.594. The molecule has 0 saturated carbocycles. The lowest BCUT2D eigenvalue weighted by Gasteiger charge is -2.04. The van der Waals surface area contributed by atoms with Gasteiger partial charge in [0.1, 0.15) is 21.8 Å². The monoisotopic (exact) mass is 301 g/mol. The van der Waals surface area contributed by atoms with Crippen LogP contribution in [0.4, 0.5) is 5.88 Å². The number of nitro groups is 1. The molecule has 2 rings (SSSR count). The Bertz CT molecular complexity index is 759. The number of aryl methyl sites for hydroxylation is 2. The van der Waals surface area contributed by atoms with E-state index in [1.807, 2.05) is 19.9 Å². The Morgan fingerprint density at radius 1 is 1.48 bits per heavy atom. The topological polar surface area (TPSA) is 93.0 Å². The van der Waals surface area contributed by atoms with E-state index in [0.717, 1.165) is 11.3 Å². The fourth-order valence-corrected chi connectivity index (χ4v) is 2.57. The molecule has 0 amide bonds. The number of nitriles is 1. The van der Waals surface area contributed by atoms with Gasteiger partial charge >= 0.3 is 5.88 Å². The van der Waals surface area contributed by atoms with Crippen LogP contribution in [0, 0.1) is 35.3 Å². The molecule has 0 aliphatic rings. The third kappa shape index (κ3) is 3.49. The first-order chi connectivity index (χ1) is 10.0. The third-order valence-electron chi connectivity index (χ3n) is 2.63. The van der Waals surface area contributed by atoms with E-state index in [-0.39, 0.29) is 5.88 Å². The fraction of sp³-hybridized carbons (Fsp3) is 0.143. The van der Waals surface area contributed by atoms with E-state index in [2.05, 4.69) is 11.1 Å². The van der Waals surface area contributed by atoms with Crippen LogP contribution in [0.1, 0.15) is 22.6 Å². The van der Waals surface area contributed by atoms with Crippen molar-refractivity contribution < 1.29 is 9.34 Å². The molecule has 2 heterocycles. The lowest BCUT2D eigenvalue weighted by Crippen LogP contribution is -1.93. The molecule has 0 spiro atoms. The quantitative estimate of drug-likeness (QED) is 0.484. The number of thioether (sulfide) groups is 1. The molecule has 0 N–H and O–H groups in total. The zero-order valence-electron chi connectivity index (χ0n) is 11.4. The highest BCUT2D eigenvalue weighted by atomic mass is 32.2. The molecule has 0 atom stereocenters. The summed E-state index contributed by atoms with van der Waals surface area (Å²) < 4.78 is 5.00. The minimum absolute atomic E-state index is 0.304. The second kappa shape index (κ2) is 6.24. The van der Waals surface area contributed by atoms with Gasteiger partial charge in [0.2, 0.25) is 0 Å². The van der Waals surface area contributed by atoms with Crippen molar-refractivity contribution in [2.24, 2.45) is 0 Å². The van der Waals surface area contributed by atoms with Crippen molar-refractivity contribution >= 4 is 23.7 Å². The zero-order chi connectivity index (χ0) is 15.4. The summed E-state index contributed by atoms with van der Waals surface area (Å²) in [6.07, 6.45) is 1.60. The van der Waals surface area contributed by atoms with E-state index < -0.39 is 4.92 Å². The molecule has 2 aromatic rings. The van der Waals surface area contributed by atoms with Crippen molar-refractivity contribution in [2.75, 3.05) is 0 Å². The van der Waals surface area contributed by atoms with Crippen LogP contribution in [0.3, 0.4) is 0 Å². The molecule has 21 heavy (non-hydrogen) atoms. The van der Waals surface area contributed by atoms with Crippen LogP contribution < -0.4 is 0 Å². The van der Waals surface area contributed by atoms with E-state index in [0.29, 0.717) is 16.3 Å². The van der Waals surface area contributed by atoms with Gasteiger partial charge < -0.3 is 4.42 Å². The normalized spacial score (nSPS) is 10.7. The molecular weight excluding hydrogens is 290 g/mol. The summed E-state index contributed by atoms with van der Waals surface area (Å²) in [6.45, 7) is 3.72. The smallest absolute Gasteiger partial charge is 0.401 e. The Labute approximate surface area is 125 Å². The lowest BCUT2D eigenvalue weighted by molar-refractivity contribution is -0.402. The summed E-state index contributed by atoms with van der Waals surface area (Å²) >= 11 is 1.27. The molecule has 7 heteroatoms. The molecule has 106 valence electrons. The molecule has 0 aromatic carbocycles. The number of hydrogen-bond acceptors (Lipinski definition) is 6. The maximum Gasteiger partial charge on any atom is 0.433 e. The molecule has 0 radical (unpaired) electrons. The van der Waals surface area contributed by atoms with Crippen LogP contribution in [0.25, 0.3) is 6.08 Å². The number of hydrogen-bond donors (Lipinski definition) is 0. The van der Waals surface area contributed by atoms with Crippen LogP contribution in [-0.4, -0.2) is 9.91 Å². The first kappa shape index (κ1) is 14.8. The second-order valence-corrected chi connectivity index (χ2v) is 5.12. The zero-order valence-corrected chi connectivity index (χ0v) is 12.2. The lowest BCUT2D eigenvalue weighted by atomic mass is 10.1. The molecule has 0 aliphatic heterocycles. The van der Waals surface area contributed by atoms with Gasteiger partial charge in [-0.25, -0.2) is 4.98 Å². The Balaban J connectivity index is 2.17. The number of aromatic nitrogens is 1. The number of nitrogens with zero attached hydrogens (tertiary/aromatic N) is 3. The predicted octanol–water partition coefficient (Wildman–Crippen LogP) is 3.83. The molecule has 0 bridgehead atoms. The second-order valence-electron chi connectivity index (χ2n) is 4.23. The predicted molar refractivity (Wildman–Crippen MR) is 78.7 cm³/mol. The molecule has 0 fully saturated rings. The highest BCUT2D eigenvalue weighted by Gasteiger charge is 2.10. The first-order valence-electron chi connectivity index (χ1n) is 5.97. The average Bonchev–Trinajstić information content (AvgIpc) is 2.87. The van der Waals surface area contributed by atoms with E-state index in [1.165, 1.54) is 23.9 Å². The maximum atomic E-state index is 10.5. The third-order valence-corrected chi connectivity index (χ3v) is 3.42. The van der Waals surface area contributed by atoms with Crippen LogP contribution in [0.2, 0.25) is 0 Å². The molecule has 0 aliphatic carbocycles. The van der Waals surface area contributed by atoms with Gasteiger partial charge in [-0.05, 0) is 43.0 Å². The van der Waals surface area contributed by atoms with E-state index in [4.69, 9.17) is 9.68 Å². The summed E-state index contributed by atoms with van der Waals surface area (Å²) in [4.78, 5) is 14.2. The first-order valence-corrected chi connectivity index (χ1v) is 6.85. The van der Waals surface area contributed by atoms with Gasteiger partial charge in [0.15, 0.2) is 0 Å². The largest absolute Gasteiger partial charge is 0.433 e. The van der Waals surface area contributed by atoms with Gasteiger partial charge in [0.25, 0.3) is 0 Å². The standard InChI is InChI=1S/C14H11N3O3S/c1-9-7-10(2)16-14(12(9)8-15)21-6-5-11-3-4-13(20-11)17(18)19/h3-7H,1-2H3/b6-5+. The summed E-state index contributed by atoms with van der Waals surface area (Å²) in [5.41, 5.74) is 2.23. The molecular formula is C14H11N3O3S. The van der Waals surface area contributed by atoms with Crippen LogP contribution in [-0.2, 0) is 0 Å². The van der Waals surface area contributed by atoms with Gasteiger partial charge in [0, 0.05) is 5.69 Å². The Morgan fingerprint density at radius 3 is 2.86 bits per heavy atom. The van der Waals surface area contributed by atoms with E-state index >= 15 is 0 Å². The van der Waals surface area contributed by atoms with Crippen molar-refractivity contribution in [3.05, 3.63) is 56.3 Å². The van der Waals surface area contributed by atoms with Crippen molar-refractivity contribution in [3.8, 4) is 6.07 Å². The highest BCUT2D eigenvalue weighted by Crippen LogP contribution is 2.26. The van der Waals surface area contributed by atoms with E-state index in [9.17, 15) is 10.1 Å². The summed E-state index contributed by atoms with van der Waals surface area (Å²) in [6, 6.07) is 6.78. The summed E-state index contributed by atoms with van der Waals surface area (Å²) in [5.74, 6) is 0.0685. The van der Waals surface area contributed by atoms with Crippen LogP contribution in [0.15, 0.2) is 33.1 Å². The number of pyridine rings is 1. The molecule has 6 nitrogen and oxygen atoms in total. The molecule has 0 saturated heterocycles. The number of rotatable bonds is 4. The fourth-order valence-electron chi connectivity index (χ4n) is 1.72. The van der Waals surface area contributed by atoms with Crippen LogP contribution >= 0.6 is 11.8 Å². The van der Waals surface area contributed by atoms with Crippen molar-refractivity contribution in [2.45, 2.75) is 18.9 Å². The van der Waals surface area contributed by atoms with Gasteiger partial charge in [0.05, 0.1) is 11.6 Å². The minimum Gasteiger partial charge on any atom is -0.401 e. The molecule has 2 aromatic heterocycles. The van der Waals surface area contributed by atoms with Gasteiger partial charge in [-0.1, -0.05) is 11.8 Å². The summed E-state index contributed by atoms with van der Waals surface area (Å²) in [7, 11) is 0. The van der Waals surface area contributed by atoms with Gasteiger partial charge in [-0.3, -0.25) is 10.1 Å². The number of furan rings is 1. The van der Waals surface area contributed by atoms with Crippen molar-refractivity contribution in [3.63, 3.8) is 0 Å². The van der Waals surface area contributed by atoms with Crippen molar-refractivity contribution in [1.29, 1.82) is 5.26 Å². The van der Waals surface area contributed by atoms with Crippen molar-refractivity contribution in [1.82, 2.24) is 4.98 Å². The Morgan fingerprint density at radius 2 is 2.24 bits per heavy atom. The molecule has 0 unspecified atom stereocenters. The highest BCUT2D eigenvalue weighted by molar-refractivity contribution is 8.02. The Hall–Kier alpha value is -2.59. The Kier molecular flexibility index (Phi) is 4.40. The van der Waals surface area contributed by atoms with E-state index in [1.54, 1.807) is 11.5 Å². The average molecular weight is 301 g/mol. The SMILES string of the molecule is Cc1cc(C)c(C#N)c(S/C=C/c2ccc([N+](=O)[O-])o2)n1. The van der Waals surface area contributed by atoms with Gasteiger partial charge in [-0.15, -0.1) is 0 Å².